The lowest BCUT2D eigenvalue weighted by molar-refractivity contribution is 0.262. The first kappa shape index (κ1) is 22.9. The highest BCUT2D eigenvalue weighted by Crippen LogP contribution is 2.35. The van der Waals surface area contributed by atoms with Gasteiger partial charge in [0.1, 0.15) is 18.1 Å². The highest BCUT2D eigenvalue weighted by atomic mass is 16.5. The fourth-order valence-electron chi connectivity index (χ4n) is 4.49. The predicted molar refractivity (Wildman–Crippen MR) is 133 cm³/mol. The van der Waals surface area contributed by atoms with Crippen LogP contribution in [0, 0.1) is 25.2 Å². The Balaban J connectivity index is 1.44. The van der Waals surface area contributed by atoms with E-state index in [-0.39, 0.29) is 0 Å². The summed E-state index contributed by atoms with van der Waals surface area (Å²) in [4.78, 5) is 2.53. The third-order valence-electron chi connectivity index (χ3n) is 6.38. The summed E-state index contributed by atoms with van der Waals surface area (Å²) in [6.45, 7) is 8.98. The van der Waals surface area contributed by atoms with Gasteiger partial charge in [-0.1, -0.05) is 36.4 Å². The second kappa shape index (κ2) is 11.0. The predicted octanol–water partition coefficient (Wildman–Crippen LogP) is 6.29. The first-order chi connectivity index (χ1) is 16.2. The summed E-state index contributed by atoms with van der Waals surface area (Å²) in [5.41, 5.74) is 6.21. The maximum Gasteiger partial charge on any atom is 0.123 e. The van der Waals surface area contributed by atoms with E-state index in [2.05, 4.69) is 49.1 Å². The normalized spacial score (nSPS) is 13.6. The minimum Gasteiger partial charge on any atom is -0.493 e. The maximum absolute atomic E-state index is 9.12. The molecule has 0 N–H and O–H groups in total. The Bertz CT molecular complexity index is 1130. The zero-order valence-electron chi connectivity index (χ0n) is 19.6. The standard InChI is InChI=1S/C29H32N2O2/c1-22-26(11-6-13-28(22)32-18-8-17-31-15-3-4-16-31)27-12-7-14-29(23(27)2)33-21-25-10-5-9-24(19-25)20-30/h5-7,9-14,19H,3-4,8,15-18,21H2,1-2H3. The molecule has 1 heterocycles. The van der Waals surface area contributed by atoms with Gasteiger partial charge in [0.2, 0.25) is 0 Å². The molecule has 1 aliphatic rings. The van der Waals surface area contributed by atoms with Gasteiger partial charge in [-0.2, -0.15) is 5.26 Å². The molecule has 3 aromatic carbocycles. The largest absolute Gasteiger partial charge is 0.493 e. The number of likely N-dealkylation sites (tertiary alicyclic amines) is 1. The molecule has 0 saturated carbocycles. The molecule has 0 unspecified atom stereocenters. The van der Waals surface area contributed by atoms with Gasteiger partial charge in [-0.25, -0.2) is 0 Å². The fourth-order valence-corrected chi connectivity index (χ4v) is 4.49. The van der Waals surface area contributed by atoms with E-state index >= 15 is 0 Å². The molecule has 33 heavy (non-hydrogen) atoms. The van der Waals surface area contributed by atoms with Crippen LogP contribution in [0.15, 0.2) is 60.7 Å². The third kappa shape index (κ3) is 5.74. The van der Waals surface area contributed by atoms with Gasteiger partial charge in [0, 0.05) is 6.54 Å². The summed E-state index contributed by atoms with van der Waals surface area (Å²) in [5.74, 6) is 1.80. The molecule has 0 spiro atoms. The Hall–Kier alpha value is -3.29. The number of hydrogen-bond acceptors (Lipinski definition) is 4. The molecule has 1 saturated heterocycles. The highest BCUT2D eigenvalue weighted by Gasteiger charge is 2.14. The van der Waals surface area contributed by atoms with E-state index in [1.165, 1.54) is 31.5 Å². The van der Waals surface area contributed by atoms with Crippen LogP contribution in [0.25, 0.3) is 11.1 Å². The summed E-state index contributed by atoms with van der Waals surface area (Å²) in [7, 11) is 0. The Labute approximate surface area is 197 Å². The van der Waals surface area contributed by atoms with Crippen LogP contribution in [0.3, 0.4) is 0 Å². The molecule has 0 atom stereocenters. The van der Waals surface area contributed by atoms with Crippen LogP contribution in [0.2, 0.25) is 0 Å². The molecule has 0 amide bonds. The fraction of sp³-hybridized carbons (Fsp3) is 0.345. The highest BCUT2D eigenvalue weighted by molar-refractivity contribution is 5.74. The lowest BCUT2D eigenvalue weighted by atomic mass is 9.95. The second-order valence-corrected chi connectivity index (χ2v) is 8.71. The lowest BCUT2D eigenvalue weighted by Crippen LogP contribution is -2.22. The average molecular weight is 441 g/mol. The Morgan fingerprint density at radius 1 is 0.848 bits per heavy atom. The molecule has 4 heteroatoms. The maximum atomic E-state index is 9.12. The van der Waals surface area contributed by atoms with Crippen LogP contribution in [0.1, 0.15) is 41.5 Å². The topological polar surface area (TPSA) is 45.5 Å². The van der Waals surface area contributed by atoms with Gasteiger partial charge in [-0.3, -0.25) is 0 Å². The monoisotopic (exact) mass is 440 g/mol. The number of hydrogen-bond donors (Lipinski definition) is 0. The van der Waals surface area contributed by atoms with Crippen LogP contribution in [-0.2, 0) is 6.61 Å². The summed E-state index contributed by atoms with van der Waals surface area (Å²) in [6, 6.07) is 22.2. The van der Waals surface area contributed by atoms with Crippen molar-refractivity contribution in [3.05, 3.63) is 82.9 Å². The lowest BCUT2D eigenvalue weighted by Gasteiger charge is -2.18. The minimum atomic E-state index is 0.430. The van der Waals surface area contributed by atoms with Crippen LogP contribution in [0.4, 0.5) is 0 Å². The van der Waals surface area contributed by atoms with E-state index < -0.39 is 0 Å². The molecule has 170 valence electrons. The summed E-state index contributed by atoms with van der Waals surface area (Å²) in [5, 5.41) is 9.12. The molecule has 3 aromatic rings. The zero-order valence-corrected chi connectivity index (χ0v) is 19.6. The first-order valence-electron chi connectivity index (χ1n) is 11.8. The Morgan fingerprint density at radius 3 is 2.15 bits per heavy atom. The summed E-state index contributed by atoms with van der Waals surface area (Å²) < 4.78 is 12.3. The minimum absolute atomic E-state index is 0.430. The van der Waals surface area contributed by atoms with Crippen molar-refractivity contribution in [2.24, 2.45) is 0 Å². The second-order valence-electron chi connectivity index (χ2n) is 8.71. The molecule has 4 rings (SSSR count). The molecule has 1 aliphatic heterocycles. The van der Waals surface area contributed by atoms with Crippen molar-refractivity contribution >= 4 is 0 Å². The van der Waals surface area contributed by atoms with Crippen molar-refractivity contribution in [2.75, 3.05) is 26.2 Å². The third-order valence-corrected chi connectivity index (χ3v) is 6.38. The van der Waals surface area contributed by atoms with E-state index in [4.69, 9.17) is 14.7 Å². The first-order valence-corrected chi connectivity index (χ1v) is 11.8. The number of nitriles is 1. The van der Waals surface area contributed by atoms with Gasteiger partial charge in [-0.05, 0) is 98.3 Å². The van der Waals surface area contributed by atoms with Crippen molar-refractivity contribution in [3.63, 3.8) is 0 Å². The quantitative estimate of drug-likeness (QED) is 0.367. The molecular formula is C29H32N2O2. The molecule has 0 aliphatic carbocycles. The van der Waals surface area contributed by atoms with Crippen molar-refractivity contribution in [2.45, 2.75) is 39.7 Å². The van der Waals surface area contributed by atoms with Gasteiger partial charge in [0.05, 0.1) is 18.2 Å². The summed E-state index contributed by atoms with van der Waals surface area (Å²) >= 11 is 0. The van der Waals surface area contributed by atoms with Crippen LogP contribution >= 0.6 is 0 Å². The smallest absolute Gasteiger partial charge is 0.123 e. The molecular weight excluding hydrogens is 408 g/mol. The van der Waals surface area contributed by atoms with E-state index in [1.54, 1.807) is 6.07 Å². The number of nitrogens with zero attached hydrogens (tertiary/aromatic N) is 2. The average Bonchev–Trinajstić information content (AvgIpc) is 3.36. The number of ether oxygens (including phenoxy) is 2. The molecule has 0 aromatic heterocycles. The van der Waals surface area contributed by atoms with Gasteiger partial charge >= 0.3 is 0 Å². The number of benzene rings is 3. The van der Waals surface area contributed by atoms with Crippen molar-refractivity contribution in [1.29, 1.82) is 5.26 Å². The van der Waals surface area contributed by atoms with E-state index in [0.29, 0.717) is 12.2 Å². The number of rotatable bonds is 9. The van der Waals surface area contributed by atoms with Gasteiger partial charge in [0.25, 0.3) is 0 Å². The summed E-state index contributed by atoms with van der Waals surface area (Å²) in [6.07, 6.45) is 3.71. The van der Waals surface area contributed by atoms with Gasteiger partial charge in [0.15, 0.2) is 0 Å². The van der Waals surface area contributed by atoms with Crippen LogP contribution < -0.4 is 9.47 Å². The molecule has 0 bridgehead atoms. The van der Waals surface area contributed by atoms with E-state index in [0.717, 1.165) is 53.3 Å². The van der Waals surface area contributed by atoms with E-state index in [9.17, 15) is 0 Å². The van der Waals surface area contributed by atoms with Gasteiger partial charge < -0.3 is 14.4 Å². The van der Waals surface area contributed by atoms with Crippen molar-refractivity contribution < 1.29 is 9.47 Å². The molecule has 4 nitrogen and oxygen atoms in total. The van der Waals surface area contributed by atoms with Crippen LogP contribution in [-0.4, -0.2) is 31.1 Å². The SMILES string of the molecule is Cc1c(OCCCN2CCCC2)cccc1-c1cccc(OCc2cccc(C#N)c2)c1C. The van der Waals surface area contributed by atoms with Crippen molar-refractivity contribution in [1.82, 2.24) is 4.90 Å². The van der Waals surface area contributed by atoms with Gasteiger partial charge in [-0.15, -0.1) is 0 Å². The van der Waals surface area contributed by atoms with Crippen molar-refractivity contribution in [3.8, 4) is 28.7 Å². The molecule has 0 radical (unpaired) electrons. The molecule has 1 fully saturated rings. The van der Waals surface area contributed by atoms with E-state index in [1.807, 2.05) is 30.3 Å². The zero-order chi connectivity index (χ0) is 23.0. The van der Waals surface area contributed by atoms with Crippen LogP contribution in [0.5, 0.6) is 11.5 Å². The Kier molecular flexibility index (Phi) is 7.65. The Morgan fingerprint density at radius 2 is 1.48 bits per heavy atom.